The molecule has 5 rings (SSSR count). The van der Waals surface area contributed by atoms with Gasteiger partial charge in [-0.1, -0.05) is 12.1 Å². The molecule has 1 N–H and O–H groups in total. The fourth-order valence-corrected chi connectivity index (χ4v) is 5.63. The van der Waals surface area contributed by atoms with Gasteiger partial charge in [0.05, 0.1) is 13.2 Å². The number of ether oxygens (including phenoxy) is 1. The summed E-state index contributed by atoms with van der Waals surface area (Å²) in [7, 11) is 1.66. The molecule has 6 heteroatoms. The molecule has 4 heterocycles. The van der Waals surface area contributed by atoms with Crippen LogP contribution in [-0.2, 0) is 17.9 Å². The van der Waals surface area contributed by atoms with Crippen LogP contribution in [0.4, 0.5) is 0 Å². The van der Waals surface area contributed by atoms with E-state index >= 15 is 0 Å². The van der Waals surface area contributed by atoms with Crippen molar-refractivity contribution >= 4 is 5.91 Å². The van der Waals surface area contributed by atoms with Crippen molar-refractivity contribution < 1.29 is 19.1 Å². The lowest BCUT2D eigenvalue weighted by molar-refractivity contribution is -0.137. The third kappa shape index (κ3) is 2.51. The van der Waals surface area contributed by atoms with E-state index < -0.39 is 0 Å². The molecule has 6 nitrogen and oxygen atoms in total. The second kappa shape index (κ2) is 6.64. The number of furan rings is 1. The maximum absolute atomic E-state index is 13.6. The van der Waals surface area contributed by atoms with E-state index in [2.05, 4.69) is 11.0 Å². The SMILES string of the molecule is COc1cccc(CN2C[C@@H]3C[C@@H](c4ccc(CO)o4)N4CCC[C@@]34C2=O)c1. The zero-order valence-corrected chi connectivity index (χ0v) is 16.1. The Morgan fingerprint density at radius 2 is 2.21 bits per heavy atom. The molecule has 3 saturated heterocycles. The van der Waals surface area contributed by atoms with Gasteiger partial charge in [0, 0.05) is 25.6 Å². The van der Waals surface area contributed by atoms with Crippen LogP contribution >= 0.6 is 0 Å². The molecule has 0 radical (unpaired) electrons. The minimum absolute atomic E-state index is 0.0888. The molecule has 2 aromatic rings. The van der Waals surface area contributed by atoms with Crippen LogP contribution in [0.3, 0.4) is 0 Å². The molecule has 1 aromatic heterocycles. The van der Waals surface area contributed by atoms with Crippen LogP contribution in [0, 0.1) is 5.92 Å². The van der Waals surface area contributed by atoms with Gasteiger partial charge in [-0.25, -0.2) is 0 Å². The van der Waals surface area contributed by atoms with Crippen molar-refractivity contribution in [2.24, 2.45) is 5.92 Å². The predicted octanol–water partition coefficient (Wildman–Crippen LogP) is 2.72. The molecule has 3 aliphatic heterocycles. The number of methoxy groups -OCH3 is 1. The van der Waals surface area contributed by atoms with Crippen LogP contribution in [-0.4, -0.2) is 46.6 Å². The highest BCUT2D eigenvalue weighted by atomic mass is 16.5. The minimum atomic E-state index is -0.379. The van der Waals surface area contributed by atoms with Gasteiger partial charge in [-0.05, 0) is 49.1 Å². The highest BCUT2D eigenvalue weighted by molar-refractivity contribution is 5.90. The van der Waals surface area contributed by atoms with E-state index in [4.69, 9.17) is 9.15 Å². The third-order valence-electron chi connectivity index (χ3n) is 6.80. The second-order valence-electron chi connectivity index (χ2n) is 8.17. The highest BCUT2D eigenvalue weighted by Crippen LogP contribution is 2.56. The summed E-state index contributed by atoms with van der Waals surface area (Å²) in [6.45, 7) is 2.25. The van der Waals surface area contributed by atoms with E-state index in [1.165, 1.54) is 0 Å². The van der Waals surface area contributed by atoms with Crippen LogP contribution in [0.5, 0.6) is 5.75 Å². The number of rotatable bonds is 5. The van der Waals surface area contributed by atoms with Gasteiger partial charge in [-0.3, -0.25) is 9.69 Å². The first-order chi connectivity index (χ1) is 13.7. The monoisotopic (exact) mass is 382 g/mol. The maximum Gasteiger partial charge on any atom is 0.243 e. The van der Waals surface area contributed by atoms with Gasteiger partial charge in [0.1, 0.15) is 29.4 Å². The largest absolute Gasteiger partial charge is 0.497 e. The molecular formula is C22H26N2O4. The van der Waals surface area contributed by atoms with Crippen LogP contribution in [0.15, 0.2) is 40.8 Å². The fraction of sp³-hybridized carbons (Fsp3) is 0.500. The molecule has 1 amide bonds. The summed E-state index contributed by atoms with van der Waals surface area (Å²) < 4.78 is 11.2. The number of hydrogen-bond acceptors (Lipinski definition) is 5. The average molecular weight is 382 g/mol. The number of hydrogen-bond donors (Lipinski definition) is 1. The molecule has 3 aliphatic rings. The van der Waals surface area contributed by atoms with E-state index in [1.54, 1.807) is 7.11 Å². The summed E-state index contributed by atoms with van der Waals surface area (Å²) in [5.74, 6) is 2.87. The van der Waals surface area contributed by atoms with Gasteiger partial charge in [0.25, 0.3) is 0 Å². The number of likely N-dealkylation sites (tertiary alicyclic amines) is 1. The van der Waals surface area contributed by atoms with Gasteiger partial charge >= 0.3 is 0 Å². The Balaban J connectivity index is 1.39. The lowest BCUT2D eigenvalue weighted by atomic mass is 9.85. The zero-order chi connectivity index (χ0) is 19.3. The minimum Gasteiger partial charge on any atom is -0.497 e. The maximum atomic E-state index is 13.6. The molecule has 0 bridgehead atoms. The first-order valence-corrected chi connectivity index (χ1v) is 10.0. The summed E-state index contributed by atoms with van der Waals surface area (Å²) in [6.07, 6.45) is 2.90. The molecular weight excluding hydrogens is 356 g/mol. The van der Waals surface area contributed by atoms with Gasteiger partial charge in [-0.2, -0.15) is 0 Å². The van der Waals surface area contributed by atoms with Crippen molar-refractivity contribution in [2.45, 2.75) is 44.0 Å². The number of amides is 1. The molecule has 1 spiro atoms. The van der Waals surface area contributed by atoms with E-state index in [0.29, 0.717) is 18.2 Å². The summed E-state index contributed by atoms with van der Waals surface area (Å²) in [6, 6.07) is 11.9. The molecule has 28 heavy (non-hydrogen) atoms. The van der Waals surface area contributed by atoms with Gasteiger partial charge < -0.3 is 19.2 Å². The summed E-state index contributed by atoms with van der Waals surface area (Å²) in [4.78, 5) is 18.0. The van der Waals surface area contributed by atoms with E-state index in [0.717, 1.165) is 49.4 Å². The molecule has 0 saturated carbocycles. The molecule has 3 fully saturated rings. The summed E-state index contributed by atoms with van der Waals surface area (Å²) in [5, 5.41) is 9.32. The third-order valence-corrected chi connectivity index (χ3v) is 6.80. The molecule has 0 aliphatic carbocycles. The predicted molar refractivity (Wildman–Crippen MR) is 103 cm³/mol. The average Bonchev–Trinajstić information content (AvgIpc) is 3.46. The number of nitrogens with zero attached hydrogens (tertiary/aromatic N) is 2. The van der Waals surface area contributed by atoms with E-state index in [-0.39, 0.29) is 24.1 Å². The topological polar surface area (TPSA) is 66.2 Å². The smallest absolute Gasteiger partial charge is 0.243 e. The van der Waals surface area contributed by atoms with Crippen molar-refractivity contribution in [1.29, 1.82) is 0 Å². The van der Waals surface area contributed by atoms with Crippen LogP contribution < -0.4 is 4.74 Å². The Kier molecular flexibility index (Phi) is 4.21. The molecule has 148 valence electrons. The Morgan fingerprint density at radius 1 is 1.32 bits per heavy atom. The Hall–Kier alpha value is -2.31. The highest BCUT2D eigenvalue weighted by Gasteiger charge is 2.65. The summed E-state index contributed by atoms with van der Waals surface area (Å²) >= 11 is 0. The quantitative estimate of drug-likeness (QED) is 0.861. The number of carbonyl (C=O) groups excluding carboxylic acids is 1. The Bertz CT molecular complexity index is 894. The molecule has 0 unspecified atom stereocenters. The Labute approximate surface area is 164 Å². The van der Waals surface area contributed by atoms with Gasteiger partial charge in [0.15, 0.2) is 0 Å². The molecule has 3 atom stereocenters. The second-order valence-corrected chi connectivity index (χ2v) is 8.17. The lowest BCUT2D eigenvalue weighted by Gasteiger charge is -2.32. The number of carbonyl (C=O) groups is 1. The normalized spacial score (nSPS) is 29.4. The fourth-order valence-electron chi connectivity index (χ4n) is 5.63. The van der Waals surface area contributed by atoms with Crippen molar-refractivity contribution in [3.63, 3.8) is 0 Å². The lowest BCUT2D eigenvalue weighted by Crippen LogP contribution is -2.49. The standard InChI is InChI=1S/C22H26N2O4/c1-27-17-5-2-4-15(10-17)12-23-13-16-11-19(20-7-6-18(14-25)28-20)24-9-3-8-22(16,24)21(23)26/h2,4-7,10,16,19,25H,3,8-9,11-14H2,1H3/t16-,19-,22-/m0/s1. The van der Waals surface area contributed by atoms with Crippen LogP contribution in [0.25, 0.3) is 0 Å². The van der Waals surface area contributed by atoms with Gasteiger partial charge in [-0.15, -0.1) is 0 Å². The van der Waals surface area contributed by atoms with Crippen LogP contribution in [0.1, 0.15) is 42.4 Å². The molecule has 1 aromatic carbocycles. The van der Waals surface area contributed by atoms with Crippen molar-refractivity contribution in [3.8, 4) is 5.75 Å². The van der Waals surface area contributed by atoms with Crippen molar-refractivity contribution in [1.82, 2.24) is 9.80 Å². The number of aliphatic hydroxyl groups is 1. The first kappa shape index (κ1) is 17.8. The zero-order valence-electron chi connectivity index (χ0n) is 16.1. The number of benzene rings is 1. The van der Waals surface area contributed by atoms with E-state index in [1.807, 2.05) is 35.2 Å². The van der Waals surface area contributed by atoms with E-state index in [9.17, 15) is 9.90 Å². The van der Waals surface area contributed by atoms with Gasteiger partial charge in [0.2, 0.25) is 5.91 Å². The first-order valence-electron chi connectivity index (χ1n) is 10.0. The van der Waals surface area contributed by atoms with Crippen molar-refractivity contribution in [3.05, 3.63) is 53.5 Å². The van der Waals surface area contributed by atoms with Crippen molar-refractivity contribution in [2.75, 3.05) is 20.2 Å². The summed E-state index contributed by atoms with van der Waals surface area (Å²) in [5.41, 5.74) is 0.721. The Morgan fingerprint density at radius 3 is 3.00 bits per heavy atom. The van der Waals surface area contributed by atoms with Crippen LogP contribution in [0.2, 0.25) is 0 Å². The number of aliphatic hydroxyl groups excluding tert-OH is 1.